The highest BCUT2D eigenvalue weighted by atomic mass is 14.9. The Morgan fingerprint density at radius 3 is 2.25 bits per heavy atom. The highest BCUT2D eigenvalue weighted by Gasteiger charge is 2.20. The van der Waals surface area contributed by atoms with Gasteiger partial charge in [0.25, 0.3) is 0 Å². The van der Waals surface area contributed by atoms with Crippen LogP contribution in [-0.4, -0.2) is 13.1 Å². The molecule has 0 radical (unpaired) electrons. The van der Waals surface area contributed by atoms with E-state index in [0.717, 1.165) is 5.57 Å². The SMILES string of the molecule is C#C/C(C)=C/C(NC)C(C)(C)C. The molecule has 68 valence electrons. The van der Waals surface area contributed by atoms with Crippen LogP contribution in [0.4, 0.5) is 0 Å². The van der Waals surface area contributed by atoms with Crippen LogP contribution in [0.2, 0.25) is 0 Å². The first kappa shape index (κ1) is 11.3. The molecule has 0 aromatic rings. The number of hydrogen-bond acceptors (Lipinski definition) is 1. The summed E-state index contributed by atoms with van der Waals surface area (Å²) in [5.41, 5.74) is 1.21. The van der Waals surface area contributed by atoms with E-state index in [2.05, 4.69) is 38.1 Å². The molecule has 1 nitrogen and oxygen atoms in total. The van der Waals surface area contributed by atoms with E-state index in [-0.39, 0.29) is 5.41 Å². The van der Waals surface area contributed by atoms with Gasteiger partial charge in [0.15, 0.2) is 0 Å². The molecule has 0 aliphatic rings. The van der Waals surface area contributed by atoms with E-state index in [1.165, 1.54) is 0 Å². The first-order valence-corrected chi connectivity index (χ1v) is 4.24. The maximum absolute atomic E-state index is 5.27. The van der Waals surface area contributed by atoms with E-state index in [4.69, 9.17) is 6.42 Å². The summed E-state index contributed by atoms with van der Waals surface area (Å²) in [6.45, 7) is 8.52. The van der Waals surface area contributed by atoms with Crippen molar-refractivity contribution in [3.8, 4) is 12.3 Å². The Bertz CT molecular complexity index is 200. The Morgan fingerprint density at radius 2 is 2.00 bits per heavy atom. The smallest absolute Gasteiger partial charge is 0.0307 e. The Hall–Kier alpha value is -0.740. The normalized spacial score (nSPS) is 15.5. The minimum atomic E-state index is 0.215. The van der Waals surface area contributed by atoms with Gasteiger partial charge in [0.2, 0.25) is 0 Å². The fraction of sp³-hybridized carbons (Fsp3) is 0.636. The van der Waals surface area contributed by atoms with Gasteiger partial charge in [0.1, 0.15) is 0 Å². The molecule has 12 heavy (non-hydrogen) atoms. The van der Waals surface area contributed by atoms with Crippen LogP contribution in [0.5, 0.6) is 0 Å². The highest BCUT2D eigenvalue weighted by molar-refractivity contribution is 5.25. The van der Waals surface area contributed by atoms with Gasteiger partial charge in [-0.15, -0.1) is 6.42 Å². The van der Waals surface area contributed by atoms with Crippen LogP contribution < -0.4 is 5.32 Å². The quantitative estimate of drug-likeness (QED) is 0.618. The van der Waals surface area contributed by atoms with Crippen molar-refractivity contribution in [2.75, 3.05) is 7.05 Å². The minimum Gasteiger partial charge on any atom is -0.313 e. The van der Waals surface area contributed by atoms with E-state index in [9.17, 15) is 0 Å². The molecule has 1 heteroatoms. The van der Waals surface area contributed by atoms with Crippen molar-refractivity contribution in [2.24, 2.45) is 5.41 Å². The topological polar surface area (TPSA) is 12.0 Å². The van der Waals surface area contributed by atoms with E-state index >= 15 is 0 Å². The van der Waals surface area contributed by atoms with Crippen molar-refractivity contribution in [2.45, 2.75) is 33.7 Å². The van der Waals surface area contributed by atoms with Crippen molar-refractivity contribution in [1.29, 1.82) is 0 Å². The zero-order chi connectivity index (χ0) is 9.78. The van der Waals surface area contributed by atoms with Gasteiger partial charge >= 0.3 is 0 Å². The number of rotatable bonds is 2. The van der Waals surface area contributed by atoms with Crippen LogP contribution in [-0.2, 0) is 0 Å². The highest BCUT2D eigenvalue weighted by Crippen LogP contribution is 2.20. The van der Waals surface area contributed by atoms with E-state index in [1.54, 1.807) is 0 Å². The molecule has 0 rings (SSSR count). The van der Waals surface area contributed by atoms with Crippen molar-refractivity contribution in [1.82, 2.24) is 5.32 Å². The lowest BCUT2D eigenvalue weighted by molar-refractivity contribution is 0.328. The van der Waals surface area contributed by atoms with Crippen LogP contribution in [0.15, 0.2) is 11.6 Å². The monoisotopic (exact) mass is 165 g/mol. The maximum Gasteiger partial charge on any atom is 0.0307 e. The molecular formula is C11H19N. The van der Waals surface area contributed by atoms with Gasteiger partial charge in [-0.2, -0.15) is 0 Å². The molecule has 0 bridgehead atoms. The van der Waals surface area contributed by atoms with E-state index < -0.39 is 0 Å². The molecule has 0 spiro atoms. The third-order valence-electron chi connectivity index (χ3n) is 1.89. The van der Waals surface area contributed by atoms with Gasteiger partial charge < -0.3 is 5.32 Å². The van der Waals surface area contributed by atoms with E-state index in [1.807, 2.05) is 14.0 Å². The van der Waals surface area contributed by atoms with Crippen LogP contribution in [0.3, 0.4) is 0 Å². The van der Waals surface area contributed by atoms with Gasteiger partial charge in [0.05, 0.1) is 0 Å². The van der Waals surface area contributed by atoms with Crippen LogP contribution in [0.1, 0.15) is 27.7 Å². The molecule has 0 aliphatic carbocycles. The molecule has 0 saturated carbocycles. The third-order valence-corrected chi connectivity index (χ3v) is 1.89. The van der Waals surface area contributed by atoms with Gasteiger partial charge in [0, 0.05) is 6.04 Å². The third kappa shape index (κ3) is 3.59. The average Bonchev–Trinajstić information content (AvgIpc) is 1.97. The Kier molecular flexibility index (Phi) is 4.06. The number of nitrogens with one attached hydrogen (secondary N) is 1. The molecule has 1 unspecified atom stereocenters. The summed E-state index contributed by atoms with van der Waals surface area (Å²) in [6.07, 6.45) is 7.37. The lowest BCUT2D eigenvalue weighted by atomic mass is 9.86. The van der Waals surface area contributed by atoms with Gasteiger partial charge in [-0.25, -0.2) is 0 Å². The zero-order valence-corrected chi connectivity index (χ0v) is 8.73. The van der Waals surface area contributed by atoms with Crippen molar-refractivity contribution >= 4 is 0 Å². The van der Waals surface area contributed by atoms with Crippen LogP contribution in [0, 0.1) is 17.8 Å². The van der Waals surface area contributed by atoms with Gasteiger partial charge in [-0.1, -0.05) is 32.8 Å². The second-order valence-corrected chi connectivity index (χ2v) is 4.13. The molecular weight excluding hydrogens is 146 g/mol. The fourth-order valence-corrected chi connectivity index (χ4v) is 1.06. The predicted octanol–water partition coefficient (Wildman–Crippen LogP) is 2.20. The van der Waals surface area contributed by atoms with Crippen molar-refractivity contribution in [3.63, 3.8) is 0 Å². The fourth-order valence-electron chi connectivity index (χ4n) is 1.06. The molecule has 0 amide bonds. The van der Waals surface area contributed by atoms with Crippen molar-refractivity contribution in [3.05, 3.63) is 11.6 Å². The number of likely N-dealkylation sites (N-methyl/N-ethyl adjacent to an activating group) is 1. The molecule has 0 saturated heterocycles. The largest absolute Gasteiger partial charge is 0.313 e. The maximum atomic E-state index is 5.27. The van der Waals surface area contributed by atoms with Crippen molar-refractivity contribution < 1.29 is 0 Å². The second kappa shape index (κ2) is 4.33. The first-order chi connectivity index (χ1) is 5.41. The summed E-state index contributed by atoms with van der Waals surface area (Å²) >= 11 is 0. The van der Waals surface area contributed by atoms with Crippen LogP contribution >= 0.6 is 0 Å². The van der Waals surface area contributed by atoms with Gasteiger partial charge in [-0.05, 0) is 25.0 Å². The minimum absolute atomic E-state index is 0.215. The molecule has 1 N–H and O–H groups in total. The summed E-state index contributed by atoms with van der Waals surface area (Å²) in [5.74, 6) is 2.62. The molecule has 0 aromatic heterocycles. The zero-order valence-electron chi connectivity index (χ0n) is 8.73. The Balaban J connectivity index is 4.51. The summed E-state index contributed by atoms with van der Waals surface area (Å²) in [5, 5.41) is 3.24. The molecule has 0 heterocycles. The lowest BCUT2D eigenvalue weighted by Gasteiger charge is -2.27. The first-order valence-electron chi connectivity index (χ1n) is 4.24. The summed E-state index contributed by atoms with van der Waals surface area (Å²) in [4.78, 5) is 0. The predicted molar refractivity (Wildman–Crippen MR) is 54.9 cm³/mol. The Labute approximate surface area is 76.2 Å². The lowest BCUT2D eigenvalue weighted by Crippen LogP contribution is -2.36. The van der Waals surface area contributed by atoms with Crippen LogP contribution in [0.25, 0.3) is 0 Å². The summed E-state index contributed by atoms with van der Waals surface area (Å²) in [7, 11) is 1.95. The van der Waals surface area contributed by atoms with Gasteiger partial charge in [-0.3, -0.25) is 0 Å². The standard InChI is InChI=1S/C11H19N/c1-7-9(2)8-10(12-6)11(3,4)5/h1,8,10,12H,2-6H3/b9-8+. The second-order valence-electron chi connectivity index (χ2n) is 4.13. The molecule has 0 aliphatic heterocycles. The summed E-state index contributed by atoms with van der Waals surface area (Å²) in [6, 6.07) is 0.341. The average molecular weight is 165 g/mol. The van der Waals surface area contributed by atoms with E-state index in [0.29, 0.717) is 6.04 Å². The molecule has 0 aromatic carbocycles. The number of allylic oxidation sites excluding steroid dienone is 1. The summed E-state index contributed by atoms with van der Waals surface area (Å²) < 4.78 is 0. The molecule has 1 atom stereocenters. The Morgan fingerprint density at radius 1 is 1.50 bits per heavy atom. The molecule has 0 fully saturated rings. The number of terminal acetylenes is 1. The number of hydrogen-bond donors (Lipinski definition) is 1.